The molecule has 0 radical (unpaired) electrons. The van der Waals surface area contributed by atoms with Gasteiger partial charge in [0.15, 0.2) is 0 Å². The number of rotatable bonds is 3. The maximum Gasteiger partial charge on any atom is 0.222 e. The molecule has 0 aromatic carbocycles. The second kappa shape index (κ2) is 5.63. The third kappa shape index (κ3) is 2.67. The van der Waals surface area contributed by atoms with Crippen LogP contribution in [-0.2, 0) is 11.3 Å². The summed E-state index contributed by atoms with van der Waals surface area (Å²) in [6.07, 6.45) is 2.57. The number of carbonyl (C=O) groups is 1. The number of fused-ring (bicyclic) bond motifs is 1. The second-order valence-electron chi connectivity index (χ2n) is 5.22. The van der Waals surface area contributed by atoms with Gasteiger partial charge >= 0.3 is 0 Å². The van der Waals surface area contributed by atoms with Crippen LogP contribution in [0, 0.1) is 0 Å². The molecule has 1 aliphatic heterocycles. The summed E-state index contributed by atoms with van der Waals surface area (Å²) in [5, 5.41) is 4.57. The Hall–Kier alpha value is -1.88. The van der Waals surface area contributed by atoms with Gasteiger partial charge in [-0.2, -0.15) is 5.10 Å². The Bertz CT molecular complexity index is 566. The van der Waals surface area contributed by atoms with Crippen LogP contribution >= 0.6 is 0 Å². The molecule has 2 aromatic heterocycles. The van der Waals surface area contributed by atoms with Gasteiger partial charge in [-0.05, 0) is 18.2 Å². The van der Waals surface area contributed by atoms with Crippen molar-refractivity contribution in [3.63, 3.8) is 0 Å². The Morgan fingerprint density at radius 2 is 2.05 bits per heavy atom. The molecule has 106 valence electrons. The lowest BCUT2D eigenvalue weighted by Crippen LogP contribution is -2.48. The lowest BCUT2D eigenvalue weighted by Gasteiger charge is -2.34. The lowest BCUT2D eigenvalue weighted by molar-refractivity contribution is -0.132. The molecule has 0 atom stereocenters. The Morgan fingerprint density at radius 1 is 1.25 bits per heavy atom. The van der Waals surface area contributed by atoms with Gasteiger partial charge in [0.25, 0.3) is 0 Å². The Kier molecular flexibility index (Phi) is 3.69. The molecule has 0 spiro atoms. The fraction of sp³-hybridized carbons (Fsp3) is 0.467. The van der Waals surface area contributed by atoms with Crippen molar-refractivity contribution in [1.82, 2.24) is 19.4 Å². The van der Waals surface area contributed by atoms with Crippen molar-refractivity contribution in [3.8, 4) is 0 Å². The summed E-state index contributed by atoms with van der Waals surface area (Å²) in [5.74, 6) is 0.261. The zero-order valence-electron chi connectivity index (χ0n) is 11.8. The first-order chi connectivity index (χ1) is 9.76. The molecular formula is C15H20N4O. The van der Waals surface area contributed by atoms with Crippen molar-refractivity contribution in [2.75, 3.05) is 26.2 Å². The predicted molar refractivity (Wildman–Crippen MR) is 77.3 cm³/mol. The number of carbonyl (C=O) groups excluding carboxylic acids is 1. The van der Waals surface area contributed by atoms with Crippen LogP contribution in [0.4, 0.5) is 0 Å². The van der Waals surface area contributed by atoms with E-state index in [1.165, 1.54) is 0 Å². The molecule has 2 aromatic rings. The summed E-state index contributed by atoms with van der Waals surface area (Å²) in [6, 6.07) is 8.20. The van der Waals surface area contributed by atoms with Crippen molar-refractivity contribution in [2.45, 2.75) is 19.9 Å². The number of nitrogens with zero attached hydrogens (tertiary/aromatic N) is 4. The van der Waals surface area contributed by atoms with Gasteiger partial charge in [0, 0.05) is 45.3 Å². The standard InChI is InChI=1S/C15H20N4O/c1-2-15(20)18-9-7-17(8-10-18)12-13-11-14-5-3-4-6-19(14)16-13/h3-6,11H,2,7-10,12H2,1H3. The molecule has 20 heavy (non-hydrogen) atoms. The molecule has 1 saturated heterocycles. The zero-order chi connectivity index (χ0) is 13.9. The number of aromatic nitrogens is 2. The van der Waals surface area contributed by atoms with Crippen molar-refractivity contribution >= 4 is 11.4 Å². The van der Waals surface area contributed by atoms with Crippen molar-refractivity contribution in [1.29, 1.82) is 0 Å². The fourth-order valence-electron chi connectivity index (χ4n) is 2.68. The number of hydrogen-bond donors (Lipinski definition) is 0. The van der Waals surface area contributed by atoms with E-state index in [0.717, 1.165) is 43.9 Å². The first-order valence-corrected chi connectivity index (χ1v) is 7.19. The minimum absolute atomic E-state index is 0.261. The molecular weight excluding hydrogens is 252 g/mol. The molecule has 3 rings (SSSR count). The van der Waals surface area contributed by atoms with Crippen LogP contribution in [0.5, 0.6) is 0 Å². The van der Waals surface area contributed by atoms with Crippen molar-refractivity contribution in [2.24, 2.45) is 0 Å². The summed E-state index contributed by atoms with van der Waals surface area (Å²) in [4.78, 5) is 16.0. The number of amides is 1. The first-order valence-electron chi connectivity index (χ1n) is 7.19. The van der Waals surface area contributed by atoms with Crippen LogP contribution in [0.1, 0.15) is 19.0 Å². The van der Waals surface area contributed by atoms with Crippen LogP contribution < -0.4 is 0 Å². The molecule has 5 nitrogen and oxygen atoms in total. The van der Waals surface area contributed by atoms with E-state index in [9.17, 15) is 4.79 Å². The maximum atomic E-state index is 11.6. The summed E-state index contributed by atoms with van der Waals surface area (Å²) >= 11 is 0. The quantitative estimate of drug-likeness (QED) is 0.848. The number of pyridine rings is 1. The summed E-state index contributed by atoms with van der Waals surface area (Å²) in [6.45, 7) is 6.31. The van der Waals surface area contributed by atoms with Crippen LogP contribution in [0.15, 0.2) is 30.5 Å². The van der Waals surface area contributed by atoms with Gasteiger partial charge in [0.2, 0.25) is 5.91 Å². The third-order valence-electron chi connectivity index (χ3n) is 3.83. The largest absolute Gasteiger partial charge is 0.340 e. The van der Waals surface area contributed by atoms with Gasteiger partial charge < -0.3 is 4.90 Å². The van der Waals surface area contributed by atoms with E-state index in [1.807, 2.05) is 34.7 Å². The number of piperazine rings is 1. The molecule has 0 saturated carbocycles. The van der Waals surface area contributed by atoms with Crippen LogP contribution in [-0.4, -0.2) is 51.5 Å². The van der Waals surface area contributed by atoms with E-state index >= 15 is 0 Å². The monoisotopic (exact) mass is 272 g/mol. The van der Waals surface area contributed by atoms with Crippen LogP contribution in [0.2, 0.25) is 0 Å². The highest BCUT2D eigenvalue weighted by molar-refractivity contribution is 5.75. The van der Waals surface area contributed by atoms with Crippen LogP contribution in [0.3, 0.4) is 0 Å². The summed E-state index contributed by atoms with van der Waals surface area (Å²) in [5.41, 5.74) is 2.22. The molecule has 5 heteroatoms. The van der Waals surface area contributed by atoms with Gasteiger partial charge in [0.05, 0.1) is 11.2 Å². The molecule has 1 amide bonds. The zero-order valence-corrected chi connectivity index (χ0v) is 11.8. The average molecular weight is 272 g/mol. The minimum Gasteiger partial charge on any atom is -0.340 e. The van der Waals surface area contributed by atoms with Gasteiger partial charge in [0.1, 0.15) is 0 Å². The van der Waals surface area contributed by atoms with E-state index in [0.29, 0.717) is 6.42 Å². The average Bonchev–Trinajstić information content (AvgIpc) is 2.89. The summed E-state index contributed by atoms with van der Waals surface area (Å²) in [7, 11) is 0. The Balaban J connectivity index is 1.60. The smallest absolute Gasteiger partial charge is 0.222 e. The Morgan fingerprint density at radius 3 is 2.75 bits per heavy atom. The van der Waals surface area contributed by atoms with Gasteiger partial charge in [-0.25, -0.2) is 4.52 Å². The molecule has 0 aliphatic carbocycles. The maximum absolute atomic E-state index is 11.6. The van der Waals surface area contributed by atoms with Crippen LogP contribution in [0.25, 0.3) is 5.52 Å². The highest BCUT2D eigenvalue weighted by atomic mass is 16.2. The minimum atomic E-state index is 0.261. The van der Waals surface area contributed by atoms with E-state index in [1.54, 1.807) is 0 Å². The second-order valence-corrected chi connectivity index (χ2v) is 5.22. The van der Waals surface area contributed by atoms with Gasteiger partial charge in [-0.15, -0.1) is 0 Å². The normalized spacial score (nSPS) is 16.8. The fourth-order valence-corrected chi connectivity index (χ4v) is 2.68. The van der Waals surface area contributed by atoms with E-state index in [4.69, 9.17) is 0 Å². The molecule has 0 bridgehead atoms. The van der Waals surface area contributed by atoms with Crippen molar-refractivity contribution in [3.05, 3.63) is 36.2 Å². The van der Waals surface area contributed by atoms with Crippen molar-refractivity contribution < 1.29 is 4.79 Å². The van der Waals surface area contributed by atoms with E-state index in [-0.39, 0.29) is 5.91 Å². The van der Waals surface area contributed by atoms with Gasteiger partial charge in [-0.1, -0.05) is 13.0 Å². The summed E-state index contributed by atoms with van der Waals surface area (Å²) < 4.78 is 1.91. The molecule has 1 fully saturated rings. The highest BCUT2D eigenvalue weighted by Gasteiger charge is 2.20. The molecule has 0 N–H and O–H groups in total. The molecule has 1 aliphatic rings. The lowest BCUT2D eigenvalue weighted by atomic mass is 10.2. The first kappa shape index (κ1) is 13.1. The number of hydrogen-bond acceptors (Lipinski definition) is 3. The molecule has 0 unspecified atom stereocenters. The predicted octanol–water partition coefficient (Wildman–Crippen LogP) is 1.39. The van der Waals surface area contributed by atoms with Gasteiger partial charge in [-0.3, -0.25) is 9.69 Å². The molecule has 3 heterocycles. The SMILES string of the molecule is CCC(=O)N1CCN(Cc2cc3ccccn3n2)CC1. The highest BCUT2D eigenvalue weighted by Crippen LogP contribution is 2.11. The third-order valence-corrected chi connectivity index (χ3v) is 3.83. The Labute approximate surface area is 118 Å². The van der Waals surface area contributed by atoms with E-state index < -0.39 is 0 Å². The topological polar surface area (TPSA) is 40.9 Å². The van der Waals surface area contributed by atoms with E-state index in [2.05, 4.69) is 22.1 Å².